The first-order valence-corrected chi connectivity index (χ1v) is 8.04. The fraction of sp³-hybridized carbons (Fsp3) is 0.625. The first-order valence-electron chi connectivity index (χ1n) is 7.28. The number of hydrogen-bond acceptors (Lipinski definition) is 2. The van der Waals surface area contributed by atoms with E-state index >= 15 is 0 Å². The number of ether oxygens (including phenoxy) is 1. The van der Waals surface area contributed by atoms with E-state index < -0.39 is 0 Å². The van der Waals surface area contributed by atoms with Crippen molar-refractivity contribution < 1.29 is 4.74 Å². The van der Waals surface area contributed by atoms with Crippen molar-refractivity contribution in [3.8, 4) is 0 Å². The molecule has 0 saturated heterocycles. The van der Waals surface area contributed by atoms with Gasteiger partial charge in [0.15, 0.2) is 0 Å². The first-order chi connectivity index (χ1) is 9.63. The molecule has 1 aromatic rings. The molecule has 0 aromatic heterocycles. The minimum atomic E-state index is -0.0847. The zero-order valence-electron chi connectivity index (χ0n) is 12.2. The molecule has 1 N–H and O–H groups in total. The standard InChI is InChI=1S/C16H23Cl2NO/c1-19-14(16(20-2)9-4-3-5-10-16)11-12-7-6-8-13(17)15(12)18/h6-8,14,19H,3-5,9-11H2,1-2H3. The van der Waals surface area contributed by atoms with Crippen LogP contribution in [0.15, 0.2) is 18.2 Å². The van der Waals surface area contributed by atoms with Crippen molar-refractivity contribution in [2.75, 3.05) is 14.2 Å². The summed E-state index contributed by atoms with van der Waals surface area (Å²) in [5.41, 5.74) is 0.999. The van der Waals surface area contributed by atoms with Gasteiger partial charge in [-0.1, -0.05) is 54.6 Å². The molecule has 0 amide bonds. The molecule has 1 aliphatic rings. The number of methoxy groups -OCH3 is 1. The third-order valence-electron chi connectivity index (χ3n) is 4.55. The molecule has 0 spiro atoms. The maximum atomic E-state index is 6.32. The van der Waals surface area contributed by atoms with Gasteiger partial charge in [-0.3, -0.25) is 0 Å². The zero-order valence-corrected chi connectivity index (χ0v) is 13.7. The molecular formula is C16H23Cl2NO. The molecule has 112 valence electrons. The molecule has 0 heterocycles. The average molecular weight is 316 g/mol. The van der Waals surface area contributed by atoms with Crippen LogP contribution in [0, 0.1) is 0 Å². The lowest BCUT2D eigenvalue weighted by Gasteiger charge is -2.42. The summed E-state index contributed by atoms with van der Waals surface area (Å²) in [5, 5.41) is 4.71. The van der Waals surface area contributed by atoms with Crippen molar-refractivity contribution in [2.45, 2.75) is 50.2 Å². The molecule has 1 unspecified atom stereocenters. The third kappa shape index (κ3) is 3.30. The number of hydrogen-bond donors (Lipinski definition) is 1. The Balaban J connectivity index is 2.21. The van der Waals surface area contributed by atoms with Crippen LogP contribution in [-0.4, -0.2) is 25.8 Å². The van der Waals surface area contributed by atoms with Crippen LogP contribution in [-0.2, 0) is 11.2 Å². The van der Waals surface area contributed by atoms with Crippen LogP contribution in [0.4, 0.5) is 0 Å². The Morgan fingerprint density at radius 1 is 1.25 bits per heavy atom. The molecule has 4 heteroatoms. The average Bonchev–Trinajstić information content (AvgIpc) is 2.49. The molecule has 1 aromatic carbocycles. The van der Waals surface area contributed by atoms with Gasteiger partial charge in [-0.2, -0.15) is 0 Å². The smallest absolute Gasteiger partial charge is 0.0834 e. The van der Waals surface area contributed by atoms with E-state index in [2.05, 4.69) is 5.32 Å². The Morgan fingerprint density at radius 2 is 1.95 bits per heavy atom. The molecule has 2 nitrogen and oxygen atoms in total. The van der Waals surface area contributed by atoms with Gasteiger partial charge in [0.05, 0.1) is 15.6 Å². The minimum absolute atomic E-state index is 0.0847. The molecule has 0 radical (unpaired) electrons. The third-order valence-corrected chi connectivity index (χ3v) is 5.40. The van der Waals surface area contributed by atoms with Gasteiger partial charge in [-0.05, 0) is 37.9 Å². The summed E-state index contributed by atoms with van der Waals surface area (Å²) in [6.07, 6.45) is 6.81. The van der Waals surface area contributed by atoms with Crippen LogP contribution in [0.1, 0.15) is 37.7 Å². The van der Waals surface area contributed by atoms with Crippen molar-refractivity contribution in [3.05, 3.63) is 33.8 Å². The van der Waals surface area contributed by atoms with E-state index in [1.54, 1.807) is 0 Å². The highest BCUT2D eigenvalue weighted by Gasteiger charge is 2.39. The number of halogens is 2. The Kier molecular flexibility index (Phi) is 5.74. The van der Waals surface area contributed by atoms with Gasteiger partial charge in [0.25, 0.3) is 0 Å². The lowest BCUT2D eigenvalue weighted by atomic mass is 9.77. The maximum absolute atomic E-state index is 6.32. The zero-order chi connectivity index (χ0) is 14.6. The molecule has 1 atom stereocenters. The van der Waals surface area contributed by atoms with E-state index in [1.165, 1.54) is 19.3 Å². The predicted octanol–water partition coefficient (Wildman–Crippen LogP) is 4.47. The van der Waals surface area contributed by atoms with Crippen LogP contribution in [0.2, 0.25) is 10.0 Å². The van der Waals surface area contributed by atoms with Gasteiger partial charge in [0.2, 0.25) is 0 Å². The molecule has 1 aliphatic carbocycles. The molecule has 1 saturated carbocycles. The Bertz CT molecular complexity index is 444. The van der Waals surface area contributed by atoms with Crippen LogP contribution < -0.4 is 5.32 Å². The van der Waals surface area contributed by atoms with Gasteiger partial charge in [0, 0.05) is 13.2 Å². The largest absolute Gasteiger partial charge is 0.377 e. The molecule has 1 fully saturated rings. The normalized spacial score (nSPS) is 19.8. The summed E-state index contributed by atoms with van der Waals surface area (Å²) >= 11 is 12.4. The van der Waals surface area contributed by atoms with Gasteiger partial charge in [0.1, 0.15) is 0 Å². The fourth-order valence-corrected chi connectivity index (χ4v) is 3.72. The second kappa shape index (κ2) is 7.13. The lowest BCUT2D eigenvalue weighted by molar-refractivity contribution is -0.0656. The quantitative estimate of drug-likeness (QED) is 0.865. The van der Waals surface area contributed by atoms with E-state index in [9.17, 15) is 0 Å². The number of nitrogens with one attached hydrogen (secondary N) is 1. The summed E-state index contributed by atoms with van der Waals surface area (Å²) < 4.78 is 5.94. The molecule has 0 aliphatic heterocycles. The van der Waals surface area contributed by atoms with Crippen molar-refractivity contribution in [1.29, 1.82) is 0 Å². The molecule has 0 bridgehead atoms. The molecule has 20 heavy (non-hydrogen) atoms. The molecule has 2 rings (SSSR count). The highest BCUT2D eigenvalue weighted by molar-refractivity contribution is 6.42. The fourth-order valence-electron chi connectivity index (χ4n) is 3.32. The first kappa shape index (κ1) is 16.1. The summed E-state index contributed by atoms with van der Waals surface area (Å²) in [6.45, 7) is 0. The van der Waals surface area contributed by atoms with Crippen LogP contribution in [0.3, 0.4) is 0 Å². The highest BCUT2D eigenvalue weighted by Crippen LogP contribution is 2.36. The maximum Gasteiger partial charge on any atom is 0.0834 e. The van der Waals surface area contributed by atoms with E-state index in [0.29, 0.717) is 10.0 Å². The van der Waals surface area contributed by atoms with Crippen molar-refractivity contribution >= 4 is 23.2 Å². The Morgan fingerprint density at radius 3 is 2.55 bits per heavy atom. The van der Waals surface area contributed by atoms with Crippen LogP contribution in [0.5, 0.6) is 0 Å². The van der Waals surface area contributed by atoms with Crippen LogP contribution in [0.25, 0.3) is 0 Å². The minimum Gasteiger partial charge on any atom is -0.377 e. The van der Waals surface area contributed by atoms with Crippen molar-refractivity contribution in [1.82, 2.24) is 5.32 Å². The number of likely N-dealkylation sites (N-methyl/N-ethyl adjacent to an activating group) is 1. The summed E-state index contributed by atoms with van der Waals surface area (Å²) in [6, 6.07) is 6.08. The van der Waals surface area contributed by atoms with Crippen molar-refractivity contribution in [2.24, 2.45) is 0 Å². The van der Waals surface area contributed by atoms with E-state index in [-0.39, 0.29) is 11.6 Å². The van der Waals surface area contributed by atoms with Gasteiger partial charge in [-0.25, -0.2) is 0 Å². The summed E-state index contributed by atoms with van der Waals surface area (Å²) in [5.74, 6) is 0. The molecular weight excluding hydrogens is 293 g/mol. The highest BCUT2D eigenvalue weighted by atomic mass is 35.5. The van der Waals surface area contributed by atoms with E-state index in [1.807, 2.05) is 32.4 Å². The topological polar surface area (TPSA) is 21.3 Å². The van der Waals surface area contributed by atoms with E-state index in [4.69, 9.17) is 27.9 Å². The monoisotopic (exact) mass is 315 g/mol. The summed E-state index contributed by atoms with van der Waals surface area (Å²) in [7, 11) is 3.83. The number of benzene rings is 1. The Hall–Kier alpha value is -0.280. The Labute approximate surface area is 131 Å². The van der Waals surface area contributed by atoms with Gasteiger partial charge in [-0.15, -0.1) is 0 Å². The van der Waals surface area contributed by atoms with Crippen molar-refractivity contribution in [3.63, 3.8) is 0 Å². The second-order valence-corrected chi connectivity index (χ2v) is 6.37. The predicted molar refractivity (Wildman–Crippen MR) is 85.8 cm³/mol. The van der Waals surface area contributed by atoms with Crippen LogP contribution >= 0.6 is 23.2 Å². The second-order valence-electron chi connectivity index (χ2n) is 5.59. The van der Waals surface area contributed by atoms with E-state index in [0.717, 1.165) is 24.8 Å². The SMILES string of the molecule is CNC(Cc1cccc(Cl)c1Cl)C1(OC)CCCCC1. The lowest BCUT2D eigenvalue weighted by Crippen LogP contribution is -2.53. The van der Waals surface area contributed by atoms with Gasteiger partial charge < -0.3 is 10.1 Å². The number of rotatable bonds is 5. The summed E-state index contributed by atoms with van der Waals surface area (Å²) in [4.78, 5) is 0. The van der Waals surface area contributed by atoms with Gasteiger partial charge >= 0.3 is 0 Å².